The Kier molecular flexibility index (Phi) is 5.48. The molecule has 3 heterocycles. The number of aryl methyl sites for hydroxylation is 2. The van der Waals surface area contributed by atoms with Gasteiger partial charge in [0, 0.05) is 25.2 Å². The van der Waals surface area contributed by atoms with Crippen molar-refractivity contribution in [2.75, 3.05) is 18.0 Å². The Morgan fingerprint density at radius 3 is 3.00 bits per heavy atom. The minimum absolute atomic E-state index is 0.0216. The monoisotopic (exact) mass is 437 g/mol. The molecule has 0 unspecified atom stereocenters. The third-order valence-electron chi connectivity index (χ3n) is 6.28. The van der Waals surface area contributed by atoms with Crippen LogP contribution in [0.3, 0.4) is 0 Å². The fraction of sp³-hybridized carbons (Fsp3) is 0.478. The first-order valence-corrected chi connectivity index (χ1v) is 11.9. The van der Waals surface area contributed by atoms with E-state index in [0.29, 0.717) is 18.1 Å². The highest BCUT2D eigenvalue weighted by molar-refractivity contribution is 7.20. The summed E-state index contributed by atoms with van der Waals surface area (Å²) in [6.45, 7) is 4.06. The lowest BCUT2D eigenvalue weighted by atomic mass is 9.97. The molecule has 0 saturated carbocycles. The van der Waals surface area contributed by atoms with Crippen LogP contribution in [0.25, 0.3) is 4.96 Å². The SMILES string of the molecule is Cc1cccc(CNC(=O)[C@@H]2CCCN(c3nn4c(=O)c5c(nc4s3)CCCC5)C2)c1. The van der Waals surface area contributed by atoms with Crippen LogP contribution in [-0.4, -0.2) is 33.6 Å². The second-order valence-electron chi connectivity index (χ2n) is 8.62. The van der Waals surface area contributed by atoms with Gasteiger partial charge in [0.25, 0.3) is 5.56 Å². The molecule has 0 bridgehead atoms. The molecule has 3 aromatic rings. The van der Waals surface area contributed by atoms with Crippen molar-refractivity contribution in [3.05, 3.63) is 57.0 Å². The summed E-state index contributed by atoms with van der Waals surface area (Å²) < 4.78 is 1.46. The number of nitrogens with one attached hydrogen (secondary N) is 1. The number of hydrogen-bond acceptors (Lipinski definition) is 6. The second kappa shape index (κ2) is 8.42. The fourth-order valence-electron chi connectivity index (χ4n) is 4.61. The summed E-state index contributed by atoms with van der Waals surface area (Å²) in [4.78, 5) is 33.2. The first-order valence-electron chi connectivity index (χ1n) is 11.1. The van der Waals surface area contributed by atoms with Crippen LogP contribution in [0, 0.1) is 12.8 Å². The van der Waals surface area contributed by atoms with E-state index in [0.717, 1.165) is 67.0 Å². The number of rotatable bonds is 4. The van der Waals surface area contributed by atoms with E-state index < -0.39 is 0 Å². The molecular weight excluding hydrogens is 410 g/mol. The normalized spacial score (nSPS) is 18.7. The lowest BCUT2D eigenvalue weighted by Gasteiger charge is -2.31. The average molecular weight is 438 g/mol. The van der Waals surface area contributed by atoms with E-state index in [1.54, 1.807) is 0 Å². The number of hydrogen-bond donors (Lipinski definition) is 1. The van der Waals surface area contributed by atoms with E-state index in [9.17, 15) is 9.59 Å². The molecule has 2 aromatic heterocycles. The molecule has 1 N–H and O–H groups in total. The summed E-state index contributed by atoms with van der Waals surface area (Å²) in [5, 5.41) is 8.47. The summed E-state index contributed by atoms with van der Waals surface area (Å²) in [6, 6.07) is 8.20. The molecule has 31 heavy (non-hydrogen) atoms. The van der Waals surface area contributed by atoms with Gasteiger partial charge in [0.15, 0.2) is 0 Å². The quantitative estimate of drug-likeness (QED) is 0.679. The van der Waals surface area contributed by atoms with Crippen molar-refractivity contribution < 1.29 is 4.79 Å². The van der Waals surface area contributed by atoms with E-state index in [-0.39, 0.29) is 17.4 Å². The van der Waals surface area contributed by atoms with E-state index in [2.05, 4.69) is 34.4 Å². The maximum atomic E-state index is 12.9. The van der Waals surface area contributed by atoms with Crippen LogP contribution in [0.15, 0.2) is 29.1 Å². The lowest BCUT2D eigenvalue weighted by molar-refractivity contribution is -0.125. The van der Waals surface area contributed by atoms with Gasteiger partial charge in [-0.05, 0) is 51.0 Å². The van der Waals surface area contributed by atoms with Crippen molar-refractivity contribution in [2.24, 2.45) is 5.92 Å². The van der Waals surface area contributed by atoms with Crippen molar-refractivity contribution in [3.63, 3.8) is 0 Å². The first kappa shape index (κ1) is 20.2. The molecule has 1 fully saturated rings. The summed E-state index contributed by atoms with van der Waals surface area (Å²) in [7, 11) is 0. The van der Waals surface area contributed by atoms with Gasteiger partial charge < -0.3 is 10.2 Å². The molecule has 1 atom stereocenters. The molecule has 162 valence electrons. The number of aromatic nitrogens is 3. The van der Waals surface area contributed by atoms with Gasteiger partial charge in [-0.25, -0.2) is 4.98 Å². The molecule has 1 amide bonds. The third-order valence-corrected chi connectivity index (χ3v) is 7.25. The zero-order valence-electron chi connectivity index (χ0n) is 17.8. The maximum absolute atomic E-state index is 12.9. The van der Waals surface area contributed by atoms with Gasteiger partial charge in [-0.3, -0.25) is 9.59 Å². The van der Waals surface area contributed by atoms with Gasteiger partial charge in [-0.1, -0.05) is 41.2 Å². The standard InChI is InChI=1S/C23H27N5O2S/c1-15-6-4-7-16(12-15)13-24-20(29)17-8-5-11-27(14-17)23-26-28-21(30)18-9-2-3-10-19(18)25-22(28)31-23/h4,6-7,12,17H,2-3,5,8-11,13-14H2,1H3,(H,24,29)/t17-/m1/s1. The molecule has 1 aliphatic heterocycles. The number of anilines is 1. The van der Waals surface area contributed by atoms with Crippen molar-refractivity contribution in [2.45, 2.75) is 52.0 Å². The van der Waals surface area contributed by atoms with Crippen LogP contribution in [0.1, 0.15) is 48.1 Å². The largest absolute Gasteiger partial charge is 0.352 e. The molecular formula is C23H27N5O2S. The van der Waals surface area contributed by atoms with Crippen LogP contribution in [-0.2, 0) is 24.2 Å². The lowest BCUT2D eigenvalue weighted by Crippen LogP contribution is -2.43. The highest BCUT2D eigenvalue weighted by Gasteiger charge is 2.28. The van der Waals surface area contributed by atoms with Gasteiger partial charge in [-0.15, -0.1) is 5.10 Å². The molecule has 0 spiro atoms. The molecule has 2 aliphatic rings. The summed E-state index contributed by atoms with van der Waals surface area (Å²) >= 11 is 1.45. The Balaban J connectivity index is 1.31. The van der Waals surface area contributed by atoms with Gasteiger partial charge in [0.1, 0.15) is 0 Å². The molecule has 1 aliphatic carbocycles. The number of piperidine rings is 1. The smallest absolute Gasteiger partial charge is 0.278 e. The summed E-state index contributed by atoms with van der Waals surface area (Å²) in [5.74, 6) is 0.00142. The topological polar surface area (TPSA) is 79.6 Å². The van der Waals surface area contributed by atoms with Gasteiger partial charge in [-0.2, -0.15) is 4.52 Å². The third kappa shape index (κ3) is 4.08. The first-order chi connectivity index (χ1) is 15.1. The fourth-order valence-corrected chi connectivity index (χ4v) is 5.56. The van der Waals surface area contributed by atoms with Crippen LogP contribution in [0.4, 0.5) is 5.13 Å². The van der Waals surface area contributed by atoms with Crippen molar-refractivity contribution in [1.82, 2.24) is 19.9 Å². The van der Waals surface area contributed by atoms with Crippen molar-refractivity contribution >= 4 is 27.3 Å². The van der Waals surface area contributed by atoms with E-state index in [1.165, 1.54) is 21.4 Å². The predicted octanol–water partition coefficient (Wildman–Crippen LogP) is 2.87. The maximum Gasteiger partial charge on any atom is 0.278 e. The Morgan fingerprint density at radius 2 is 2.13 bits per heavy atom. The van der Waals surface area contributed by atoms with Crippen LogP contribution in [0.2, 0.25) is 0 Å². The van der Waals surface area contributed by atoms with E-state index in [4.69, 9.17) is 4.98 Å². The summed E-state index contributed by atoms with van der Waals surface area (Å²) in [5.41, 5.74) is 4.05. The van der Waals surface area contributed by atoms with Crippen molar-refractivity contribution in [1.29, 1.82) is 0 Å². The molecule has 7 nitrogen and oxygen atoms in total. The number of carbonyl (C=O) groups excluding carboxylic acids is 1. The number of fused-ring (bicyclic) bond motifs is 2. The summed E-state index contributed by atoms with van der Waals surface area (Å²) in [6.07, 6.45) is 5.60. The van der Waals surface area contributed by atoms with Crippen LogP contribution >= 0.6 is 11.3 Å². The molecule has 0 radical (unpaired) electrons. The molecule has 8 heteroatoms. The van der Waals surface area contributed by atoms with Gasteiger partial charge in [0.05, 0.1) is 11.6 Å². The Morgan fingerprint density at radius 1 is 1.26 bits per heavy atom. The van der Waals surface area contributed by atoms with Gasteiger partial charge >= 0.3 is 0 Å². The Bertz CT molecular complexity index is 1180. The number of benzene rings is 1. The molecule has 5 rings (SSSR count). The zero-order valence-corrected chi connectivity index (χ0v) is 18.6. The molecule has 1 aromatic carbocycles. The number of nitrogens with zero attached hydrogens (tertiary/aromatic N) is 4. The average Bonchev–Trinajstić information content (AvgIpc) is 3.22. The van der Waals surface area contributed by atoms with Gasteiger partial charge in [0.2, 0.25) is 16.0 Å². The zero-order chi connectivity index (χ0) is 21.4. The number of amides is 1. The Labute approximate surface area is 185 Å². The second-order valence-corrected chi connectivity index (χ2v) is 9.55. The highest BCUT2D eigenvalue weighted by Crippen LogP contribution is 2.28. The minimum atomic E-state index is -0.0801. The minimum Gasteiger partial charge on any atom is -0.352 e. The van der Waals surface area contributed by atoms with E-state index >= 15 is 0 Å². The molecule has 1 saturated heterocycles. The highest BCUT2D eigenvalue weighted by atomic mass is 32.1. The van der Waals surface area contributed by atoms with Crippen LogP contribution < -0.4 is 15.8 Å². The van der Waals surface area contributed by atoms with Crippen molar-refractivity contribution in [3.8, 4) is 0 Å². The predicted molar refractivity (Wildman–Crippen MR) is 122 cm³/mol. The Hall–Kier alpha value is -2.74. The van der Waals surface area contributed by atoms with Crippen LogP contribution in [0.5, 0.6) is 0 Å². The van der Waals surface area contributed by atoms with E-state index in [1.807, 2.05) is 12.1 Å². The number of carbonyl (C=O) groups is 1.